The number of aromatic nitrogens is 1. The molecule has 1 aliphatic rings. The molecule has 0 bridgehead atoms. The van der Waals surface area contributed by atoms with Gasteiger partial charge in [-0.05, 0) is 65.6 Å². The highest BCUT2D eigenvalue weighted by Crippen LogP contribution is 2.36. The van der Waals surface area contributed by atoms with E-state index >= 15 is 0 Å². The van der Waals surface area contributed by atoms with Crippen molar-refractivity contribution in [1.82, 2.24) is 10.0 Å². The summed E-state index contributed by atoms with van der Waals surface area (Å²) in [6.45, 7) is 4.13. The first kappa shape index (κ1) is 25.4. The third kappa shape index (κ3) is 6.67. The molecule has 34 heavy (non-hydrogen) atoms. The third-order valence-corrected chi connectivity index (χ3v) is 5.46. The number of hydrogen-bond acceptors (Lipinski definition) is 7. The van der Waals surface area contributed by atoms with Gasteiger partial charge in [0.05, 0.1) is 23.9 Å². The molecule has 0 spiro atoms. The van der Waals surface area contributed by atoms with Crippen LogP contribution in [-0.4, -0.2) is 47.3 Å². The van der Waals surface area contributed by atoms with Crippen LogP contribution in [0.15, 0.2) is 53.9 Å². The van der Waals surface area contributed by atoms with E-state index in [2.05, 4.69) is 16.9 Å². The minimum absolute atomic E-state index is 0.0336. The molecule has 0 radical (unpaired) electrons. The van der Waals surface area contributed by atoms with Crippen molar-refractivity contribution in [2.45, 2.75) is 12.8 Å². The Bertz CT molecular complexity index is 1150. The van der Waals surface area contributed by atoms with E-state index in [0.29, 0.717) is 29.1 Å². The van der Waals surface area contributed by atoms with Gasteiger partial charge in [-0.2, -0.15) is 0 Å². The van der Waals surface area contributed by atoms with Gasteiger partial charge in [0, 0.05) is 16.0 Å². The van der Waals surface area contributed by atoms with Crippen LogP contribution in [0, 0.1) is 15.3 Å². The van der Waals surface area contributed by atoms with Gasteiger partial charge in [-0.25, -0.2) is 9.45 Å². The molecule has 11 heteroatoms. The van der Waals surface area contributed by atoms with Crippen molar-refractivity contribution in [3.63, 3.8) is 0 Å². The maximum Gasteiger partial charge on any atom is 0.315 e. The van der Waals surface area contributed by atoms with E-state index in [0.717, 1.165) is 16.4 Å². The second kappa shape index (κ2) is 12.3. The number of nitrogens with one attached hydrogen (secondary N) is 1. The van der Waals surface area contributed by atoms with Crippen LogP contribution in [0.4, 0.5) is 15.8 Å². The summed E-state index contributed by atoms with van der Waals surface area (Å²) < 4.78 is 26.2. The normalized spacial score (nSPS) is 12.4. The van der Waals surface area contributed by atoms with Crippen molar-refractivity contribution in [3.8, 4) is 0 Å². The number of nitrogens with zero attached hydrogens (tertiary/aromatic N) is 2. The monoisotopic (exact) mass is 583 g/mol. The summed E-state index contributed by atoms with van der Waals surface area (Å²) in [5, 5.41) is 11.8. The van der Waals surface area contributed by atoms with E-state index in [1.807, 2.05) is 22.6 Å². The second-order valence-corrected chi connectivity index (χ2v) is 8.46. The summed E-state index contributed by atoms with van der Waals surface area (Å²) >= 11 is 2.04. The summed E-state index contributed by atoms with van der Waals surface area (Å²) in [5.41, 5.74) is 1.04. The Morgan fingerprint density at radius 3 is 2.82 bits per heavy atom. The summed E-state index contributed by atoms with van der Waals surface area (Å²) in [5.74, 6) is -0.460. The van der Waals surface area contributed by atoms with E-state index in [4.69, 9.17) is 23.9 Å². The van der Waals surface area contributed by atoms with Crippen LogP contribution >= 0.6 is 22.6 Å². The van der Waals surface area contributed by atoms with Gasteiger partial charge >= 0.3 is 5.91 Å². The highest BCUT2D eigenvalue weighted by molar-refractivity contribution is 14.1. The van der Waals surface area contributed by atoms with Gasteiger partial charge in [-0.15, -0.1) is 0 Å². The van der Waals surface area contributed by atoms with E-state index in [9.17, 15) is 9.18 Å². The topological polar surface area (TPSA) is 114 Å². The van der Waals surface area contributed by atoms with Gasteiger partial charge < -0.3 is 19.6 Å². The zero-order valence-corrected chi connectivity index (χ0v) is 20.2. The Morgan fingerprint density at radius 2 is 2.15 bits per heavy atom. The van der Waals surface area contributed by atoms with Crippen molar-refractivity contribution >= 4 is 57.3 Å². The quantitative estimate of drug-likeness (QED) is 0.113. The van der Waals surface area contributed by atoms with Crippen molar-refractivity contribution in [2.24, 2.45) is 5.92 Å². The fraction of sp³-hybridized carbons (Fsp3) is 0.261. The zero-order chi connectivity index (χ0) is 24.5. The molecule has 1 saturated carbocycles. The van der Waals surface area contributed by atoms with Crippen LogP contribution in [0.3, 0.4) is 0 Å². The van der Waals surface area contributed by atoms with Gasteiger partial charge in [-0.1, -0.05) is 6.58 Å². The lowest BCUT2D eigenvalue weighted by molar-refractivity contribution is -0.135. The first-order valence-corrected chi connectivity index (χ1v) is 11.4. The van der Waals surface area contributed by atoms with Crippen LogP contribution in [0.1, 0.15) is 23.4 Å². The highest BCUT2D eigenvalue weighted by atomic mass is 127. The molecular weight excluding hydrogens is 560 g/mol. The molecule has 0 atom stereocenters. The number of anilines is 2. The van der Waals surface area contributed by atoms with E-state index < -0.39 is 11.7 Å². The molecule has 1 amide bonds. The van der Waals surface area contributed by atoms with Crippen LogP contribution in [0.5, 0.6) is 0 Å². The lowest BCUT2D eigenvalue weighted by Crippen LogP contribution is -2.34. The largest absolute Gasteiger partial charge is 0.499 e. The Hall–Kier alpha value is -3.19. The number of fused-ring (bicyclic) bond motifs is 1. The molecule has 0 aliphatic heterocycles. The summed E-state index contributed by atoms with van der Waals surface area (Å²) in [4.78, 5) is 31.5. The summed E-state index contributed by atoms with van der Waals surface area (Å²) in [7, 11) is 0. The van der Waals surface area contributed by atoms with Crippen molar-refractivity contribution in [1.29, 1.82) is 0 Å². The smallest absolute Gasteiger partial charge is 0.315 e. The number of hydrogen-bond donors (Lipinski definition) is 2. The molecule has 2 N–H and O–H groups in total. The molecule has 1 aliphatic carbocycles. The predicted molar refractivity (Wildman–Crippen MR) is 131 cm³/mol. The van der Waals surface area contributed by atoms with Crippen LogP contribution in [0.2, 0.25) is 0 Å². The predicted octanol–water partition coefficient (Wildman–Crippen LogP) is 4.96. The number of hydroxylamine groups is 2. The molecule has 2 aromatic heterocycles. The Balaban J connectivity index is 0.00000103. The molecule has 9 nitrogen and oxygen atoms in total. The Labute approximate surface area is 208 Å². The van der Waals surface area contributed by atoms with E-state index in [1.165, 1.54) is 17.4 Å². The molecular formula is C23H23FIN3O6. The number of furan rings is 1. The molecule has 0 saturated heterocycles. The van der Waals surface area contributed by atoms with Crippen molar-refractivity contribution in [2.75, 3.05) is 25.1 Å². The minimum atomic E-state index is -0.449. The number of carbonyl (C=O) groups excluding carboxylic acids is 1. The standard InChI is InChI=1S/C22H21FIN3O4.CH2O2/c1-2-29-9-10-30-27(13-14-3-4-14)22(28)21-20(16-12-25-8-7-19(16)31-21)26-18-6-5-15(24)11-17(18)23;2-1-3/h2,5-8,11-12,14,26H,1,3-4,9-10,13H2;1H,(H,2,3). The number of ether oxygens (including phenoxy) is 1. The number of benzene rings is 1. The zero-order valence-electron chi connectivity index (χ0n) is 18.1. The maximum atomic E-state index is 14.5. The van der Waals surface area contributed by atoms with Gasteiger partial charge in [-0.3, -0.25) is 19.4 Å². The lowest BCUT2D eigenvalue weighted by atomic mass is 10.2. The minimum Gasteiger partial charge on any atom is -0.499 e. The average molecular weight is 583 g/mol. The summed E-state index contributed by atoms with van der Waals surface area (Å²) in [6.07, 6.45) is 6.55. The van der Waals surface area contributed by atoms with Crippen LogP contribution in [-0.2, 0) is 14.4 Å². The van der Waals surface area contributed by atoms with Crippen LogP contribution < -0.4 is 5.32 Å². The summed E-state index contributed by atoms with van der Waals surface area (Å²) in [6, 6.07) is 6.46. The van der Waals surface area contributed by atoms with Gasteiger partial charge in [0.2, 0.25) is 5.76 Å². The van der Waals surface area contributed by atoms with E-state index in [-0.39, 0.29) is 31.1 Å². The third-order valence-electron chi connectivity index (χ3n) is 4.79. The maximum absolute atomic E-state index is 14.5. The molecule has 4 rings (SSSR count). The average Bonchev–Trinajstić information content (AvgIpc) is 3.57. The van der Waals surface area contributed by atoms with Crippen LogP contribution in [0.25, 0.3) is 11.0 Å². The fourth-order valence-corrected chi connectivity index (χ4v) is 3.52. The molecule has 2 heterocycles. The van der Waals surface area contributed by atoms with E-state index in [1.54, 1.807) is 30.6 Å². The SMILES string of the molecule is C=COCCON(CC1CC1)C(=O)c1oc2ccncc2c1Nc1ccc(I)cc1F.O=CO. The molecule has 0 unspecified atom stereocenters. The number of carbonyl (C=O) groups is 2. The second-order valence-electron chi connectivity index (χ2n) is 7.21. The fourth-order valence-electron chi connectivity index (χ4n) is 3.06. The number of carboxylic acid groups (broad SMARTS) is 1. The number of amides is 1. The van der Waals surface area contributed by atoms with Gasteiger partial charge in [0.15, 0.2) is 0 Å². The highest BCUT2D eigenvalue weighted by Gasteiger charge is 2.32. The first-order valence-electron chi connectivity index (χ1n) is 10.3. The number of pyridine rings is 1. The molecule has 3 aromatic rings. The number of halogens is 2. The Morgan fingerprint density at radius 1 is 1.38 bits per heavy atom. The van der Waals surface area contributed by atoms with Gasteiger partial charge in [0.1, 0.15) is 30.3 Å². The van der Waals surface area contributed by atoms with Crippen molar-refractivity contribution in [3.05, 3.63) is 64.6 Å². The lowest BCUT2D eigenvalue weighted by Gasteiger charge is -2.21. The van der Waals surface area contributed by atoms with Crippen molar-refractivity contribution < 1.29 is 33.1 Å². The molecule has 1 fully saturated rings. The van der Waals surface area contributed by atoms with Gasteiger partial charge in [0.25, 0.3) is 6.47 Å². The molecule has 1 aromatic carbocycles. The Kier molecular flexibility index (Phi) is 9.22. The number of rotatable bonds is 10. The molecule has 180 valence electrons. The first-order chi connectivity index (χ1) is 16.5.